The predicted octanol–water partition coefficient (Wildman–Crippen LogP) is 2.65. The molecule has 0 saturated carbocycles. The monoisotopic (exact) mass is 289 g/mol. The number of carbonyl (C=O) groups excluding carboxylic acids is 2. The molecule has 0 unspecified atom stereocenters. The highest BCUT2D eigenvalue weighted by molar-refractivity contribution is 6.02. The Morgan fingerprint density at radius 3 is 2.24 bits per heavy atom. The second kappa shape index (κ2) is 6.47. The van der Waals surface area contributed by atoms with Crippen LogP contribution in [0.15, 0.2) is 42.5 Å². The summed E-state index contributed by atoms with van der Waals surface area (Å²) in [6.07, 6.45) is -0.587. The highest BCUT2D eigenvalue weighted by Crippen LogP contribution is 2.14. The van der Waals surface area contributed by atoms with Crippen molar-refractivity contribution in [3.63, 3.8) is 0 Å². The summed E-state index contributed by atoms with van der Waals surface area (Å²) in [5.74, 6) is -1.25. The lowest BCUT2D eigenvalue weighted by molar-refractivity contribution is 0.102. The molecular formula is C14H12FN3O3. The van der Waals surface area contributed by atoms with Gasteiger partial charge in [0.2, 0.25) is 5.95 Å². The Kier molecular flexibility index (Phi) is 4.45. The van der Waals surface area contributed by atoms with Gasteiger partial charge in [0.05, 0.1) is 7.11 Å². The fourth-order valence-electron chi connectivity index (χ4n) is 1.54. The molecule has 0 aliphatic rings. The van der Waals surface area contributed by atoms with Crippen LogP contribution in [0.4, 0.5) is 20.6 Å². The van der Waals surface area contributed by atoms with Crippen LogP contribution in [0, 0.1) is 5.95 Å². The number of methoxy groups -OCH3 is 1. The number of aromatic nitrogens is 1. The molecule has 0 atom stereocenters. The van der Waals surface area contributed by atoms with E-state index in [4.69, 9.17) is 0 Å². The molecular weight excluding hydrogens is 277 g/mol. The average Bonchev–Trinajstić information content (AvgIpc) is 2.49. The first kappa shape index (κ1) is 14.4. The van der Waals surface area contributed by atoms with Gasteiger partial charge in [0, 0.05) is 11.4 Å². The first-order chi connectivity index (χ1) is 10.1. The van der Waals surface area contributed by atoms with Crippen molar-refractivity contribution in [1.29, 1.82) is 0 Å². The minimum atomic E-state index is -0.722. The number of benzene rings is 1. The number of hydrogen-bond donors (Lipinski definition) is 2. The minimum absolute atomic E-state index is 0.0215. The highest BCUT2D eigenvalue weighted by atomic mass is 19.1. The number of nitrogens with one attached hydrogen (secondary N) is 2. The van der Waals surface area contributed by atoms with Crippen molar-refractivity contribution in [3.8, 4) is 0 Å². The minimum Gasteiger partial charge on any atom is -0.453 e. The summed E-state index contributed by atoms with van der Waals surface area (Å²) in [6, 6.07) is 10.3. The second-order valence-corrected chi connectivity index (χ2v) is 3.99. The molecule has 0 aliphatic carbocycles. The Morgan fingerprint density at radius 1 is 1.05 bits per heavy atom. The smallest absolute Gasteiger partial charge is 0.411 e. The maximum atomic E-state index is 12.9. The number of ether oxygens (including phenoxy) is 1. The molecule has 0 spiro atoms. The van der Waals surface area contributed by atoms with E-state index >= 15 is 0 Å². The Balaban J connectivity index is 2.03. The van der Waals surface area contributed by atoms with E-state index in [2.05, 4.69) is 20.4 Å². The van der Waals surface area contributed by atoms with Crippen LogP contribution in [-0.4, -0.2) is 24.1 Å². The van der Waals surface area contributed by atoms with Gasteiger partial charge in [-0.25, -0.2) is 9.78 Å². The van der Waals surface area contributed by atoms with Crippen molar-refractivity contribution in [2.24, 2.45) is 0 Å². The third kappa shape index (κ3) is 4.00. The van der Waals surface area contributed by atoms with Crippen LogP contribution in [0.3, 0.4) is 0 Å². The standard InChI is InChI=1S/C14H12FN3O3/c1-21-14(20)17-10-7-5-9(6-8-10)16-13(19)11-3-2-4-12(15)18-11/h2-8H,1H3,(H,16,19)(H,17,20). The van der Waals surface area contributed by atoms with Crippen LogP contribution >= 0.6 is 0 Å². The molecule has 21 heavy (non-hydrogen) atoms. The van der Waals surface area contributed by atoms with E-state index in [9.17, 15) is 14.0 Å². The molecule has 1 aromatic heterocycles. The van der Waals surface area contributed by atoms with Crippen molar-refractivity contribution in [1.82, 2.24) is 4.98 Å². The van der Waals surface area contributed by atoms with Crippen molar-refractivity contribution in [2.45, 2.75) is 0 Å². The van der Waals surface area contributed by atoms with Gasteiger partial charge in [-0.2, -0.15) is 4.39 Å². The zero-order valence-electron chi connectivity index (χ0n) is 11.1. The third-order valence-corrected chi connectivity index (χ3v) is 2.52. The molecule has 0 fully saturated rings. The van der Waals surface area contributed by atoms with Gasteiger partial charge in [0.1, 0.15) is 5.69 Å². The normalized spacial score (nSPS) is 9.81. The lowest BCUT2D eigenvalue weighted by Crippen LogP contribution is -2.14. The van der Waals surface area contributed by atoms with E-state index in [1.807, 2.05) is 0 Å². The predicted molar refractivity (Wildman–Crippen MR) is 74.6 cm³/mol. The van der Waals surface area contributed by atoms with Crippen molar-refractivity contribution in [3.05, 3.63) is 54.1 Å². The molecule has 1 aromatic carbocycles. The van der Waals surface area contributed by atoms with Gasteiger partial charge >= 0.3 is 6.09 Å². The lowest BCUT2D eigenvalue weighted by atomic mass is 10.2. The summed E-state index contributed by atoms with van der Waals surface area (Å²) < 4.78 is 17.4. The molecule has 2 amide bonds. The lowest BCUT2D eigenvalue weighted by Gasteiger charge is -2.07. The van der Waals surface area contributed by atoms with E-state index in [-0.39, 0.29) is 5.69 Å². The average molecular weight is 289 g/mol. The first-order valence-corrected chi connectivity index (χ1v) is 5.97. The van der Waals surface area contributed by atoms with E-state index in [0.29, 0.717) is 11.4 Å². The van der Waals surface area contributed by atoms with Crippen LogP contribution in [0.25, 0.3) is 0 Å². The maximum absolute atomic E-state index is 12.9. The first-order valence-electron chi connectivity index (χ1n) is 5.97. The molecule has 2 aromatic rings. The third-order valence-electron chi connectivity index (χ3n) is 2.52. The molecule has 0 saturated heterocycles. The largest absolute Gasteiger partial charge is 0.453 e. The summed E-state index contributed by atoms with van der Waals surface area (Å²) in [4.78, 5) is 26.3. The fourth-order valence-corrected chi connectivity index (χ4v) is 1.54. The summed E-state index contributed by atoms with van der Waals surface area (Å²) in [5.41, 5.74) is 0.983. The Bertz CT molecular complexity index is 659. The number of nitrogens with zero attached hydrogens (tertiary/aromatic N) is 1. The number of anilines is 2. The van der Waals surface area contributed by atoms with Crippen LogP contribution < -0.4 is 10.6 Å². The zero-order chi connectivity index (χ0) is 15.2. The number of carbonyl (C=O) groups is 2. The van der Waals surface area contributed by atoms with Gasteiger partial charge < -0.3 is 10.1 Å². The summed E-state index contributed by atoms with van der Waals surface area (Å²) in [7, 11) is 1.26. The number of pyridine rings is 1. The van der Waals surface area contributed by atoms with Crippen LogP contribution in [-0.2, 0) is 4.74 Å². The fraction of sp³-hybridized carbons (Fsp3) is 0.0714. The molecule has 2 N–H and O–H groups in total. The molecule has 7 heteroatoms. The van der Waals surface area contributed by atoms with Crippen molar-refractivity contribution >= 4 is 23.4 Å². The quantitative estimate of drug-likeness (QED) is 0.851. The zero-order valence-corrected chi connectivity index (χ0v) is 11.1. The SMILES string of the molecule is COC(=O)Nc1ccc(NC(=O)c2cccc(F)n2)cc1. The molecule has 6 nitrogen and oxygen atoms in total. The van der Waals surface area contributed by atoms with Gasteiger partial charge in [0.15, 0.2) is 0 Å². The number of amides is 2. The Hall–Kier alpha value is -2.96. The van der Waals surface area contributed by atoms with Crippen molar-refractivity contribution < 1.29 is 18.7 Å². The molecule has 108 valence electrons. The molecule has 0 radical (unpaired) electrons. The second-order valence-electron chi connectivity index (χ2n) is 3.99. The van der Waals surface area contributed by atoms with Crippen LogP contribution in [0.1, 0.15) is 10.5 Å². The van der Waals surface area contributed by atoms with Gasteiger partial charge in [-0.3, -0.25) is 10.1 Å². The van der Waals surface area contributed by atoms with E-state index in [1.54, 1.807) is 24.3 Å². The van der Waals surface area contributed by atoms with E-state index < -0.39 is 17.9 Å². The molecule has 2 rings (SSSR count). The highest BCUT2D eigenvalue weighted by Gasteiger charge is 2.08. The summed E-state index contributed by atoms with van der Waals surface area (Å²) in [5, 5.41) is 5.04. The number of rotatable bonds is 3. The molecule has 0 aliphatic heterocycles. The van der Waals surface area contributed by atoms with Gasteiger partial charge in [-0.05, 0) is 36.4 Å². The molecule has 1 heterocycles. The summed E-state index contributed by atoms with van der Waals surface area (Å²) in [6.45, 7) is 0. The van der Waals surface area contributed by atoms with E-state index in [1.165, 1.54) is 19.2 Å². The van der Waals surface area contributed by atoms with Crippen molar-refractivity contribution in [2.75, 3.05) is 17.7 Å². The van der Waals surface area contributed by atoms with Gasteiger partial charge in [-0.15, -0.1) is 0 Å². The van der Waals surface area contributed by atoms with Crippen LogP contribution in [0.5, 0.6) is 0 Å². The maximum Gasteiger partial charge on any atom is 0.411 e. The van der Waals surface area contributed by atoms with E-state index in [0.717, 1.165) is 6.07 Å². The summed E-state index contributed by atoms with van der Waals surface area (Å²) >= 11 is 0. The topological polar surface area (TPSA) is 80.3 Å². The number of halogens is 1. The Morgan fingerprint density at radius 2 is 1.67 bits per heavy atom. The van der Waals surface area contributed by atoms with Crippen LogP contribution in [0.2, 0.25) is 0 Å². The van der Waals surface area contributed by atoms with Gasteiger partial charge in [0.25, 0.3) is 5.91 Å². The number of hydrogen-bond acceptors (Lipinski definition) is 4. The van der Waals surface area contributed by atoms with Gasteiger partial charge in [-0.1, -0.05) is 6.07 Å². The Labute approximate surface area is 120 Å². The molecule has 0 bridgehead atoms.